The van der Waals surface area contributed by atoms with Crippen LogP contribution in [0.4, 0.5) is 5.69 Å². The molecule has 7 rings (SSSR count). The van der Waals surface area contributed by atoms with Crippen molar-refractivity contribution < 1.29 is 0 Å². The predicted molar refractivity (Wildman–Crippen MR) is 180 cm³/mol. The van der Waals surface area contributed by atoms with Crippen LogP contribution in [0.2, 0.25) is 0 Å². The van der Waals surface area contributed by atoms with Crippen molar-refractivity contribution in [2.45, 2.75) is 32.1 Å². The fraction of sp³-hybridized carbons (Fsp3) is 0.150. The highest BCUT2D eigenvalue weighted by Crippen LogP contribution is 2.35. The zero-order chi connectivity index (χ0) is 28.5. The molecule has 0 saturated carbocycles. The third-order valence-electron chi connectivity index (χ3n) is 8.82. The van der Waals surface area contributed by atoms with E-state index < -0.39 is 0 Å². The van der Waals surface area contributed by atoms with E-state index in [0.717, 1.165) is 13.0 Å². The van der Waals surface area contributed by atoms with Gasteiger partial charge in [-0.25, -0.2) is 0 Å². The second-order valence-electron chi connectivity index (χ2n) is 11.4. The maximum Gasteiger partial charge on any atom is 0.0541 e. The summed E-state index contributed by atoms with van der Waals surface area (Å²) in [6.07, 6.45) is 19.2. The molecule has 2 aliphatic rings. The van der Waals surface area contributed by atoms with E-state index in [9.17, 15) is 0 Å². The van der Waals surface area contributed by atoms with Crippen LogP contribution in [0.3, 0.4) is 0 Å². The van der Waals surface area contributed by atoms with Crippen LogP contribution in [-0.2, 0) is 0 Å². The number of hydrogen-bond acceptors (Lipinski definition) is 1. The first-order valence-corrected chi connectivity index (χ1v) is 15.1. The van der Waals surface area contributed by atoms with Gasteiger partial charge in [0, 0.05) is 46.2 Å². The van der Waals surface area contributed by atoms with Gasteiger partial charge in [0.25, 0.3) is 0 Å². The van der Waals surface area contributed by atoms with E-state index in [1.54, 1.807) is 0 Å². The summed E-state index contributed by atoms with van der Waals surface area (Å²) in [6.45, 7) is 5.44. The Bertz CT molecular complexity index is 1860. The minimum Gasteiger partial charge on any atom is -0.338 e. The number of anilines is 1. The highest BCUT2D eigenvalue weighted by atomic mass is 15.1. The monoisotopic (exact) mass is 544 g/mol. The van der Waals surface area contributed by atoms with Crippen LogP contribution in [-0.4, -0.2) is 11.1 Å². The van der Waals surface area contributed by atoms with Gasteiger partial charge in [-0.2, -0.15) is 0 Å². The molecule has 0 fully saturated rings. The van der Waals surface area contributed by atoms with Gasteiger partial charge < -0.3 is 9.47 Å². The summed E-state index contributed by atoms with van der Waals surface area (Å²) in [5.41, 5.74) is 10.3. The molecule has 0 N–H and O–H groups in total. The van der Waals surface area contributed by atoms with Gasteiger partial charge in [-0.05, 0) is 59.5 Å². The Morgan fingerprint density at radius 1 is 0.714 bits per heavy atom. The number of fused-ring (bicyclic) bond motifs is 4. The van der Waals surface area contributed by atoms with Crippen molar-refractivity contribution in [1.82, 2.24) is 4.57 Å². The van der Waals surface area contributed by atoms with Crippen LogP contribution in [0.15, 0.2) is 157 Å². The van der Waals surface area contributed by atoms with Crippen molar-refractivity contribution >= 4 is 27.5 Å². The second-order valence-corrected chi connectivity index (χ2v) is 11.4. The molecule has 2 heterocycles. The van der Waals surface area contributed by atoms with Gasteiger partial charge >= 0.3 is 0 Å². The Balaban J connectivity index is 1.16. The SMILES string of the molecule is CC1/C=C\C=C/CN(C2=CCC=C(C(C)c3ccc(-n4c5ccccc5c5ccccc54)cc3)C=C2)c2ccccc21. The van der Waals surface area contributed by atoms with E-state index in [-0.39, 0.29) is 0 Å². The van der Waals surface area contributed by atoms with Crippen molar-refractivity contribution in [1.29, 1.82) is 0 Å². The number of benzene rings is 4. The highest BCUT2D eigenvalue weighted by Gasteiger charge is 2.18. The molecule has 2 unspecified atom stereocenters. The molecule has 0 bridgehead atoms. The quantitative estimate of drug-likeness (QED) is 0.218. The highest BCUT2D eigenvalue weighted by molar-refractivity contribution is 6.09. The maximum atomic E-state index is 2.45. The number of aromatic nitrogens is 1. The molecule has 2 nitrogen and oxygen atoms in total. The first kappa shape index (κ1) is 26.1. The van der Waals surface area contributed by atoms with Crippen molar-refractivity contribution in [3.05, 3.63) is 168 Å². The molecule has 4 aromatic carbocycles. The van der Waals surface area contributed by atoms with E-state index in [0.29, 0.717) is 11.8 Å². The standard InChI is InChI=1S/C40H36N2/c1-29-13-4-3-11-28-41(38-19-8-5-16-35(29)38)33-15-12-14-31(22-25-33)30(2)32-23-26-34(27-24-32)42-39-20-9-6-17-36(39)37-18-7-10-21-40(37)42/h3-11,13-27,29-30H,12,28H2,1-2H3/b11-3-,13-4-. The fourth-order valence-electron chi connectivity index (χ4n) is 6.50. The molecule has 5 aromatic rings. The Kier molecular flexibility index (Phi) is 6.97. The molecule has 1 aliphatic heterocycles. The molecule has 42 heavy (non-hydrogen) atoms. The normalized spacial score (nSPS) is 19.2. The van der Waals surface area contributed by atoms with Gasteiger partial charge in [0.05, 0.1) is 11.0 Å². The minimum atomic E-state index is 0.299. The third-order valence-corrected chi connectivity index (χ3v) is 8.82. The van der Waals surface area contributed by atoms with E-state index in [4.69, 9.17) is 0 Å². The zero-order valence-corrected chi connectivity index (χ0v) is 24.3. The van der Waals surface area contributed by atoms with Crippen molar-refractivity contribution in [3.63, 3.8) is 0 Å². The number of nitrogens with zero attached hydrogens (tertiary/aromatic N) is 2. The molecule has 2 atom stereocenters. The Labute approximate surface area is 248 Å². The summed E-state index contributed by atoms with van der Waals surface area (Å²) >= 11 is 0. The van der Waals surface area contributed by atoms with Crippen molar-refractivity contribution in [3.8, 4) is 5.69 Å². The lowest BCUT2D eigenvalue weighted by molar-refractivity contribution is 0.914. The molecule has 0 saturated heterocycles. The summed E-state index contributed by atoms with van der Waals surface area (Å²) in [7, 11) is 0. The average molecular weight is 545 g/mol. The molecule has 206 valence electrons. The molecule has 0 radical (unpaired) electrons. The summed E-state index contributed by atoms with van der Waals surface area (Å²) in [5, 5.41) is 2.59. The first-order valence-electron chi connectivity index (χ1n) is 15.1. The van der Waals surface area contributed by atoms with E-state index >= 15 is 0 Å². The topological polar surface area (TPSA) is 8.17 Å². The maximum absolute atomic E-state index is 2.45. The van der Waals surface area contributed by atoms with Gasteiger partial charge in [-0.1, -0.05) is 123 Å². The number of hydrogen-bond donors (Lipinski definition) is 0. The Morgan fingerprint density at radius 2 is 1.40 bits per heavy atom. The van der Waals surface area contributed by atoms with E-state index in [1.807, 2.05) is 0 Å². The molecule has 2 heteroatoms. The van der Waals surface area contributed by atoms with Gasteiger partial charge in [0.2, 0.25) is 0 Å². The van der Waals surface area contributed by atoms with Crippen LogP contribution in [0.25, 0.3) is 27.5 Å². The smallest absolute Gasteiger partial charge is 0.0541 e. The molecule has 1 aliphatic carbocycles. The van der Waals surface area contributed by atoms with E-state index in [1.165, 1.54) is 55.6 Å². The first-order chi connectivity index (χ1) is 20.7. The van der Waals surface area contributed by atoms with Crippen molar-refractivity contribution in [2.24, 2.45) is 0 Å². The molecule has 0 spiro atoms. The van der Waals surface area contributed by atoms with Gasteiger partial charge in [0.15, 0.2) is 0 Å². The van der Waals surface area contributed by atoms with Crippen LogP contribution >= 0.6 is 0 Å². The third kappa shape index (κ3) is 4.73. The molecular formula is C40H36N2. The Hall–Kier alpha value is -4.82. The van der Waals surface area contributed by atoms with Crippen LogP contribution < -0.4 is 4.90 Å². The largest absolute Gasteiger partial charge is 0.338 e. The van der Waals surface area contributed by atoms with Gasteiger partial charge in [-0.15, -0.1) is 0 Å². The molecule has 1 aromatic heterocycles. The number of para-hydroxylation sites is 3. The molecular weight excluding hydrogens is 508 g/mol. The second kappa shape index (κ2) is 11.2. The Morgan fingerprint density at radius 3 is 2.17 bits per heavy atom. The predicted octanol–water partition coefficient (Wildman–Crippen LogP) is 10.4. The van der Waals surface area contributed by atoms with E-state index in [2.05, 4.69) is 169 Å². The lowest BCUT2D eigenvalue weighted by Gasteiger charge is -2.28. The lowest BCUT2D eigenvalue weighted by atomic mass is 9.92. The summed E-state index contributed by atoms with van der Waals surface area (Å²) in [5.74, 6) is 0.661. The summed E-state index contributed by atoms with van der Waals surface area (Å²) in [6, 6.07) is 35.4. The minimum absolute atomic E-state index is 0.299. The zero-order valence-electron chi connectivity index (χ0n) is 24.3. The van der Waals surface area contributed by atoms with Gasteiger partial charge in [0.1, 0.15) is 0 Å². The van der Waals surface area contributed by atoms with Gasteiger partial charge in [-0.3, -0.25) is 0 Å². The number of rotatable bonds is 4. The lowest BCUT2D eigenvalue weighted by Crippen LogP contribution is -2.23. The fourth-order valence-corrected chi connectivity index (χ4v) is 6.50. The number of allylic oxidation sites excluding steroid dienone is 8. The summed E-state index contributed by atoms with van der Waals surface area (Å²) in [4.78, 5) is 2.45. The molecule has 0 amide bonds. The van der Waals surface area contributed by atoms with Crippen LogP contribution in [0.5, 0.6) is 0 Å². The average Bonchev–Trinajstić information content (AvgIpc) is 3.22. The summed E-state index contributed by atoms with van der Waals surface area (Å²) < 4.78 is 2.38. The van der Waals surface area contributed by atoms with Crippen molar-refractivity contribution in [2.75, 3.05) is 11.4 Å². The van der Waals surface area contributed by atoms with Crippen LogP contribution in [0.1, 0.15) is 43.2 Å². The van der Waals surface area contributed by atoms with Crippen LogP contribution in [0, 0.1) is 0 Å².